The van der Waals surface area contributed by atoms with Crippen LogP contribution in [0.5, 0.6) is 0 Å². The van der Waals surface area contributed by atoms with Crippen LogP contribution < -0.4 is 11.2 Å². The lowest BCUT2D eigenvalue weighted by molar-refractivity contribution is 0.0488. The minimum Gasteiger partial charge on any atom is -0.460 e. The van der Waals surface area contributed by atoms with Crippen LogP contribution in [0.25, 0.3) is 11.3 Å². The minimum atomic E-state index is -0.662. The summed E-state index contributed by atoms with van der Waals surface area (Å²) < 4.78 is 10.2. The van der Waals surface area contributed by atoms with Gasteiger partial charge in [0.05, 0.1) is 6.61 Å². The number of anilines is 1. The zero-order valence-electron chi connectivity index (χ0n) is 10.4. The van der Waals surface area contributed by atoms with Gasteiger partial charge in [0, 0.05) is 23.4 Å². The molecule has 0 bridgehead atoms. The lowest BCUT2D eigenvalue weighted by Crippen LogP contribution is -2.09. The number of nitrogen functional groups attached to an aromatic ring is 1. The number of hydrogen-bond acceptors (Lipinski definition) is 5. The lowest BCUT2D eigenvalue weighted by atomic mass is 10.1. The van der Waals surface area contributed by atoms with E-state index in [0.29, 0.717) is 11.3 Å². The van der Waals surface area contributed by atoms with Crippen LogP contribution in [-0.4, -0.2) is 12.6 Å². The Labute approximate surface area is 109 Å². The van der Waals surface area contributed by atoms with Gasteiger partial charge in [0.15, 0.2) is 5.43 Å². The molecular formula is C14H13NO4. The Bertz CT molecular complexity index is 660. The molecule has 2 rings (SSSR count). The molecule has 5 heteroatoms. The van der Waals surface area contributed by atoms with Crippen LogP contribution in [0.4, 0.5) is 5.69 Å². The maximum atomic E-state index is 11.6. The Balaban J connectivity index is 2.47. The van der Waals surface area contributed by atoms with Gasteiger partial charge < -0.3 is 14.9 Å². The van der Waals surface area contributed by atoms with Gasteiger partial charge >= 0.3 is 5.97 Å². The summed E-state index contributed by atoms with van der Waals surface area (Å²) in [5.74, 6) is -0.500. The van der Waals surface area contributed by atoms with Crippen molar-refractivity contribution >= 4 is 11.7 Å². The molecule has 1 heterocycles. The maximum absolute atomic E-state index is 11.6. The Morgan fingerprint density at radius 2 is 2.11 bits per heavy atom. The van der Waals surface area contributed by atoms with Gasteiger partial charge in [-0.25, -0.2) is 4.79 Å². The quantitative estimate of drug-likeness (QED) is 0.674. The molecule has 98 valence electrons. The van der Waals surface area contributed by atoms with Gasteiger partial charge in [-0.15, -0.1) is 0 Å². The number of rotatable bonds is 3. The number of hydrogen-bond donors (Lipinski definition) is 1. The van der Waals surface area contributed by atoms with E-state index in [9.17, 15) is 9.59 Å². The van der Waals surface area contributed by atoms with E-state index >= 15 is 0 Å². The summed E-state index contributed by atoms with van der Waals surface area (Å²) in [4.78, 5) is 23.1. The summed E-state index contributed by atoms with van der Waals surface area (Å²) in [7, 11) is 0. The van der Waals surface area contributed by atoms with E-state index in [1.54, 1.807) is 31.2 Å². The number of carbonyl (C=O) groups excluding carboxylic acids is 1. The van der Waals surface area contributed by atoms with Crippen molar-refractivity contribution in [1.82, 2.24) is 0 Å². The fourth-order valence-corrected chi connectivity index (χ4v) is 1.61. The van der Waals surface area contributed by atoms with E-state index in [-0.39, 0.29) is 23.6 Å². The third-order valence-electron chi connectivity index (χ3n) is 2.41. The monoisotopic (exact) mass is 259 g/mol. The smallest absolute Gasteiger partial charge is 0.374 e. The predicted molar refractivity (Wildman–Crippen MR) is 70.8 cm³/mol. The van der Waals surface area contributed by atoms with Crippen LogP contribution >= 0.6 is 0 Å². The molecule has 0 radical (unpaired) electrons. The molecule has 1 aromatic carbocycles. The second-order valence-corrected chi connectivity index (χ2v) is 3.87. The van der Waals surface area contributed by atoms with E-state index in [0.717, 1.165) is 6.07 Å². The van der Waals surface area contributed by atoms with E-state index < -0.39 is 5.97 Å². The summed E-state index contributed by atoms with van der Waals surface area (Å²) in [5.41, 5.74) is 6.51. The molecule has 0 atom stereocenters. The third kappa shape index (κ3) is 3.01. The Morgan fingerprint density at radius 1 is 1.32 bits per heavy atom. The van der Waals surface area contributed by atoms with Crippen molar-refractivity contribution in [3.05, 3.63) is 52.4 Å². The average molecular weight is 259 g/mol. The molecule has 0 spiro atoms. The largest absolute Gasteiger partial charge is 0.460 e. The van der Waals surface area contributed by atoms with Gasteiger partial charge in [0.2, 0.25) is 5.76 Å². The number of nitrogens with two attached hydrogens (primary N) is 1. The first kappa shape index (κ1) is 12.9. The van der Waals surface area contributed by atoms with Crippen LogP contribution in [0.3, 0.4) is 0 Å². The number of esters is 1. The number of ether oxygens (including phenoxy) is 1. The Morgan fingerprint density at radius 3 is 2.79 bits per heavy atom. The highest BCUT2D eigenvalue weighted by molar-refractivity contribution is 5.86. The SMILES string of the molecule is CCOC(=O)c1cc(=O)cc(-c2cccc(N)c2)o1. The molecule has 0 aliphatic carbocycles. The number of benzene rings is 1. The lowest BCUT2D eigenvalue weighted by Gasteiger charge is -2.05. The van der Waals surface area contributed by atoms with E-state index in [1.807, 2.05) is 0 Å². The van der Waals surface area contributed by atoms with Crippen LogP contribution in [0.2, 0.25) is 0 Å². The second-order valence-electron chi connectivity index (χ2n) is 3.87. The molecule has 0 aliphatic heterocycles. The van der Waals surface area contributed by atoms with Crippen molar-refractivity contribution in [3.8, 4) is 11.3 Å². The molecule has 2 N–H and O–H groups in total. The highest BCUT2D eigenvalue weighted by Crippen LogP contribution is 2.21. The normalized spacial score (nSPS) is 10.2. The van der Waals surface area contributed by atoms with Crippen molar-refractivity contribution in [2.45, 2.75) is 6.92 Å². The fraction of sp³-hybridized carbons (Fsp3) is 0.143. The second kappa shape index (κ2) is 5.39. The standard InChI is InChI=1S/C14H13NO4/c1-2-18-14(17)13-8-11(16)7-12(19-13)9-4-3-5-10(15)6-9/h3-8H,2,15H2,1H3. The van der Waals surface area contributed by atoms with Gasteiger partial charge in [0.25, 0.3) is 0 Å². The summed E-state index contributed by atoms with van der Waals surface area (Å²) in [5, 5.41) is 0. The molecule has 0 saturated carbocycles. The molecule has 1 aromatic heterocycles. The molecule has 0 saturated heterocycles. The molecule has 0 aliphatic rings. The Kier molecular flexibility index (Phi) is 3.66. The average Bonchev–Trinajstić information content (AvgIpc) is 2.38. The van der Waals surface area contributed by atoms with Crippen LogP contribution in [0.1, 0.15) is 17.5 Å². The van der Waals surface area contributed by atoms with Crippen molar-refractivity contribution in [2.75, 3.05) is 12.3 Å². The first-order valence-corrected chi connectivity index (χ1v) is 5.78. The molecular weight excluding hydrogens is 246 g/mol. The Hall–Kier alpha value is -2.56. The highest BCUT2D eigenvalue weighted by atomic mass is 16.5. The van der Waals surface area contributed by atoms with Crippen molar-refractivity contribution in [2.24, 2.45) is 0 Å². The van der Waals surface area contributed by atoms with E-state index in [2.05, 4.69) is 0 Å². The molecule has 0 unspecified atom stereocenters. The van der Waals surface area contributed by atoms with Crippen LogP contribution in [0, 0.1) is 0 Å². The third-order valence-corrected chi connectivity index (χ3v) is 2.41. The van der Waals surface area contributed by atoms with E-state index in [4.69, 9.17) is 14.9 Å². The van der Waals surface area contributed by atoms with Gasteiger partial charge in [0.1, 0.15) is 5.76 Å². The first-order valence-electron chi connectivity index (χ1n) is 5.78. The van der Waals surface area contributed by atoms with Crippen molar-refractivity contribution in [3.63, 3.8) is 0 Å². The zero-order chi connectivity index (χ0) is 13.8. The molecule has 2 aromatic rings. The summed E-state index contributed by atoms with van der Waals surface area (Å²) in [6.45, 7) is 1.89. The topological polar surface area (TPSA) is 82.5 Å². The predicted octanol–water partition coefficient (Wildman–Crippen LogP) is 2.07. The number of carbonyl (C=O) groups is 1. The van der Waals surface area contributed by atoms with Crippen molar-refractivity contribution in [1.29, 1.82) is 0 Å². The van der Waals surface area contributed by atoms with Crippen LogP contribution in [-0.2, 0) is 4.74 Å². The van der Waals surface area contributed by atoms with Gasteiger partial charge in [-0.2, -0.15) is 0 Å². The van der Waals surface area contributed by atoms with E-state index in [1.165, 1.54) is 6.07 Å². The molecule has 19 heavy (non-hydrogen) atoms. The first-order chi connectivity index (χ1) is 9.10. The van der Waals surface area contributed by atoms with Gasteiger partial charge in [-0.1, -0.05) is 12.1 Å². The molecule has 0 fully saturated rings. The summed E-state index contributed by atoms with van der Waals surface area (Å²) >= 11 is 0. The van der Waals surface area contributed by atoms with Gasteiger partial charge in [-0.3, -0.25) is 4.79 Å². The van der Waals surface area contributed by atoms with Gasteiger partial charge in [-0.05, 0) is 19.1 Å². The molecule has 5 nitrogen and oxygen atoms in total. The summed E-state index contributed by atoms with van der Waals surface area (Å²) in [6, 6.07) is 9.26. The fourth-order valence-electron chi connectivity index (χ4n) is 1.61. The minimum absolute atomic E-state index is 0.119. The van der Waals surface area contributed by atoms with Crippen LogP contribution in [0.15, 0.2) is 45.6 Å². The van der Waals surface area contributed by atoms with Crippen molar-refractivity contribution < 1.29 is 13.9 Å². The zero-order valence-corrected chi connectivity index (χ0v) is 10.4. The highest BCUT2D eigenvalue weighted by Gasteiger charge is 2.13. The summed E-state index contributed by atoms with van der Waals surface area (Å²) in [6.07, 6.45) is 0. The maximum Gasteiger partial charge on any atom is 0.374 e. The molecule has 0 amide bonds.